The smallest absolute Gasteiger partial charge is 0.242 e. The van der Waals surface area contributed by atoms with Crippen LogP contribution in [0.5, 0.6) is 0 Å². The van der Waals surface area contributed by atoms with Gasteiger partial charge in [-0.3, -0.25) is 0 Å². The predicted molar refractivity (Wildman–Crippen MR) is 112 cm³/mol. The van der Waals surface area contributed by atoms with Crippen LogP contribution >= 0.6 is 11.6 Å². The molecule has 6 nitrogen and oxygen atoms in total. The average molecular weight is 445 g/mol. The lowest BCUT2D eigenvalue weighted by atomic mass is 10.0. The van der Waals surface area contributed by atoms with Crippen LogP contribution in [0.2, 0.25) is 5.02 Å². The van der Waals surface area contributed by atoms with Crippen LogP contribution in [-0.2, 0) is 19.9 Å². The van der Waals surface area contributed by atoms with Gasteiger partial charge in [0, 0.05) is 24.4 Å². The summed E-state index contributed by atoms with van der Waals surface area (Å²) in [7, 11) is -7.55. The zero-order valence-electron chi connectivity index (χ0n) is 16.2. The number of rotatable bonds is 8. The first-order valence-corrected chi connectivity index (χ1v) is 12.4. The third kappa shape index (κ3) is 6.02. The minimum absolute atomic E-state index is 0.0119. The van der Waals surface area contributed by atoms with Gasteiger partial charge in [0.1, 0.15) is 4.90 Å². The zero-order valence-corrected chi connectivity index (χ0v) is 18.6. The van der Waals surface area contributed by atoms with Crippen molar-refractivity contribution in [3.05, 3.63) is 59.1 Å². The number of nitrogens with one attached hydrogen (secondary N) is 2. The molecule has 2 aromatic carbocycles. The molecular weight excluding hydrogens is 420 g/mol. The summed E-state index contributed by atoms with van der Waals surface area (Å²) in [5.41, 5.74) is 0.519. The van der Waals surface area contributed by atoms with Crippen LogP contribution in [0.4, 0.5) is 0 Å². The van der Waals surface area contributed by atoms with E-state index in [1.807, 2.05) is 51.1 Å². The second kappa shape index (κ2) is 8.51. The third-order valence-corrected chi connectivity index (χ3v) is 7.22. The molecule has 0 heterocycles. The molecule has 0 amide bonds. The van der Waals surface area contributed by atoms with Crippen LogP contribution in [0.3, 0.4) is 0 Å². The maximum atomic E-state index is 12.7. The molecule has 0 aliphatic carbocycles. The summed E-state index contributed by atoms with van der Waals surface area (Å²) in [4.78, 5) is -0.364. The first kappa shape index (κ1) is 22.8. The van der Waals surface area contributed by atoms with Gasteiger partial charge >= 0.3 is 0 Å². The number of halogens is 1. The Kier molecular flexibility index (Phi) is 6.94. The summed E-state index contributed by atoms with van der Waals surface area (Å²) < 4.78 is 51.4. The van der Waals surface area contributed by atoms with Crippen LogP contribution in [0, 0.1) is 0 Å². The molecule has 0 fully saturated rings. The molecule has 28 heavy (non-hydrogen) atoms. The van der Waals surface area contributed by atoms with Gasteiger partial charge in [-0.15, -0.1) is 0 Å². The lowest BCUT2D eigenvalue weighted by Gasteiger charge is -2.31. The highest BCUT2D eigenvalue weighted by atomic mass is 35.5. The van der Waals surface area contributed by atoms with Gasteiger partial charge in [-0.1, -0.05) is 41.9 Å². The van der Waals surface area contributed by atoms with E-state index in [-0.39, 0.29) is 27.4 Å². The van der Waals surface area contributed by atoms with E-state index in [4.69, 9.17) is 11.6 Å². The summed E-state index contributed by atoms with van der Waals surface area (Å²) in [5.74, 6) is 0. The van der Waals surface area contributed by atoms with Crippen molar-refractivity contribution in [1.82, 2.24) is 10.0 Å². The van der Waals surface area contributed by atoms with Crippen LogP contribution < -0.4 is 10.0 Å². The Labute approximate surface area is 172 Å². The van der Waals surface area contributed by atoms with Crippen molar-refractivity contribution >= 4 is 31.5 Å². The van der Waals surface area contributed by atoms with Crippen molar-refractivity contribution in [3.8, 4) is 0 Å². The molecular formula is C19H25ClN2O4S2. The van der Waals surface area contributed by atoms with Crippen LogP contribution in [-0.4, -0.2) is 35.2 Å². The van der Waals surface area contributed by atoms with Gasteiger partial charge < -0.3 is 5.32 Å². The van der Waals surface area contributed by atoms with E-state index in [1.54, 1.807) is 0 Å². The molecule has 2 rings (SSSR count). The quantitative estimate of drug-likeness (QED) is 0.652. The molecule has 154 valence electrons. The summed E-state index contributed by atoms with van der Waals surface area (Å²) >= 11 is 6.02. The second-order valence-electron chi connectivity index (χ2n) is 7.35. The number of sulfonamides is 1. The first-order chi connectivity index (χ1) is 12.8. The average Bonchev–Trinajstić information content (AvgIpc) is 2.60. The van der Waals surface area contributed by atoms with Crippen molar-refractivity contribution in [2.24, 2.45) is 0 Å². The van der Waals surface area contributed by atoms with Crippen LogP contribution in [0.15, 0.2) is 58.3 Å². The van der Waals surface area contributed by atoms with Crippen molar-refractivity contribution < 1.29 is 16.8 Å². The normalized spacial score (nSPS) is 14.0. The van der Waals surface area contributed by atoms with Gasteiger partial charge in [0.05, 0.1) is 9.92 Å². The Balaban J connectivity index is 2.16. The molecule has 2 aromatic rings. The SMILES string of the molecule is CC(NC(C)(C)CNS(=O)(=O)c1cc(S(C)(=O)=O)ccc1Cl)c1ccccc1. The van der Waals surface area contributed by atoms with Crippen molar-refractivity contribution in [1.29, 1.82) is 0 Å². The fourth-order valence-corrected chi connectivity index (χ4v) is 5.19. The predicted octanol–water partition coefficient (Wildman–Crippen LogP) is 3.15. The monoisotopic (exact) mass is 444 g/mol. The Morgan fingerprint density at radius 2 is 1.64 bits per heavy atom. The standard InChI is InChI=1S/C19H25ClN2O4S2/c1-14(15-8-6-5-7-9-15)22-19(2,3)13-21-28(25,26)18-12-16(27(4,23)24)10-11-17(18)20/h5-12,14,21-22H,13H2,1-4H3. The van der Waals surface area contributed by atoms with Crippen molar-refractivity contribution in [2.45, 2.75) is 42.1 Å². The largest absolute Gasteiger partial charge is 0.304 e. The fourth-order valence-electron chi connectivity index (χ4n) is 2.74. The lowest BCUT2D eigenvalue weighted by molar-refractivity contribution is 0.346. The Morgan fingerprint density at radius 3 is 2.21 bits per heavy atom. The summed E-state index contributed by atoms with van der Waals surface area (Å²) in [6.45, 7) is 5.84. The van der Waals surface area contributed by atoms with Crippen LogP contribution in [0.25, 0.3) is 0 Å². The lowest BCUT2D eigenvalue weighted by Crippen LogP contribution is -2.49. The summed E-state index contributed by atoms with van der Waals surface area (Å²) in [6, 6.07) is 13.5. The van der Waals surface area contributed by atoms with Gasteiger partial charge in [-0.25, -0.2) is 21.6 Å². The molecule has 0 spiro atoms. The molecule has 0 radical (unpaired) electrons. The minimum atomic E-state index is -3.99. The number of hydrogen-bond donors (Lipinski definition) is 2. The molecule has 0 saturated heterocycles. The van der Waals surface area contributed by atoms with Crippen molar-refractivity contribution in [3.63, 3.8) is 0 Å². The Hall–Kier alpha value is -1.45. The third-order valence-electron chi connectivity index (χ3n) is 4.23. The zero-order chi connectivity index (χ0) is 21.2. The summed E-state index contributed by atoms with van der Waals surface area (Å²) in [6.07, 6.45) is 1.01. The molecule has 0 aliphatic heterocycles. The number of hydrogen-bond acceptors (Lipinski definition) is 5. The molecule has 0 aliphatic rings. The van der Waals surface area contributed by atoms with Gasteiger partial charge in [-0.2, -0.15) is 0 Å². The molecule has 0 aromatic heterocycles. The van der Waals surface area contributed by atoms with Gasteiger partial charge in [0.15, 0.2) is 9.84 Å². The van der Waals surface area contributed by atoms with E-state index in [1.165, 1.54) is 12.1 Å². The maximum Gasteiger partial charge on any atom is 0.242 e. The second-order valence-corrected chi connectivity index (χ2v) is 11.5. The highest BCUT2D eigenvalue weighted by Crippen LogP contribution is 2.25. The van der Waals surface area contributed by atoms with E-state index in [0.29, 0.717) is 0 Å². The molecule has 0 saturated carbocycles. The van der Waals surface area contributed by atoms with E-state index < -0.39 is 25.4 Å². The first-order valence-electron chi connectivity index (χ1n) is 8.64. The van der Waals surface area contributed by atoms with Crippen LogP contribution in [0.1, 0.15) is 32.4 Å². The van der Waals surface area contributed by atoms with E-state index in [0.717, 1.165) is 17.9 Å². The molecule has 9 heteroatoms. The Bertz CT molecular complexity index is 1040. The topological polar surface area (TPSA) is 92.3 Å². The highest BCUT2D eigenvalue weighted by molar-refractivity contribution is 7.91. The highest BCUT2D eigenvalue weighted by Gasteiger charge is 2.26. The molecule has 2 N–H and O–H groups in total. The maximum absolute atomic E-state index is 12.7. The molecule has 0 bridgehead atoms. The van der Waals surface area contributed by atoms with E-state index >= 15 is 0 Å². The van der Waals surface area contributed by atoms with Gasteiger partial charge in [-0.05, 0) is 44.5 Å². The van der Waals surface area contributed by atoms with E-state index in [9.17, 15) is 16.8 Å². The fraction of sp³-hybridized carbons (Fsp3) is 0.368. The molecule has 1 unspecified atom stereocenters. The van der Waals surface area contributed by atoms with Gasteiger partial charge in [0.2, 0.25) is 10.0 Å². The molecule has 1 atom stereocenters. The van der Waals surface area contributed by atoms with Gasteiger partial charge in [0.25, 0.3) is 0 Å². The van der Waals surface area contributed by atoms with E-state index in [2.05, 4.69) is 10.0 Å². The number of benzene rings is 2. The minimum Gasteiger partial charge on any atom is -0.304 e. The Morgan fingerprint density at radius 1 is 1.04 bits per heavy atom. The summed E-state index contributed by atoms with van der Waals surface area (Å²) in [5, 5.41) is 3.35. The van der Waals surface area contributed by atoms with Crippen molar-refractivity contribution in [2.75, 3.05) is 12.8 Å². The number of sulfone groups is 1.